The Bertz CT molecular complexity index is 295. The summed E-state index contributed by atoms with van der Waals surface area (Å²) in [5, 5.41) is 11.5. The Hall–Kier alpha value is -1.10. The third kappa shape index (κ3) is 5.49. The Kier molecular flexibility index (Phi) is 5.59. The summed E-state index contributed by atoms with van der Waals surface area (Å²) in [6, 6.07) is 0. The maximum absolute atomic E-state index is 11.7. The van der Waals surface area contributed by atoms with Crippen LogP contribution in [0.2, 0.25) is 0 Å². The second-order valence-corrected chi connectivity index (χ2v) is 5.60. The second kappa shape index (κ2) is 6.73. The lowest BCUT2D eigenvalue weighted by molar-refractivity contribution is -0.137. The molecule has 0 aromatic rings. The summed E-state index contributed by atoms with van der Waals surface area (Å²) in [7, 11) is 0. The quantitative estimate of drug-likeness (QED) is 0.725. The lowest BCUT2D eigenvalue weighted by Crippen LogP contribution is -2.36. The molecule has 18 heavy (non-hydrogen) atoms. The van der Waals surface area contributed by atoms with Gasteiger partial charge in [0.2, 0.25) is 5.91 Å². The van der Waals surface area contributed by atoms with Crippen LogP contribution in [0.5, 0.6) is 0 Å². The van der Waals surface area contributed by atoms with Gasteiger partial charge in [-0.1, -0.05) is 13.8 Å². The first-order valence-electron chi connectivity index (χ1n) is 6.52. The van der Waals surface area contributed by atoms with Crippen molar-refractivity contribution in [2.45, 2.75) is 52.1 Å². The van der Waals surface area contributed by atoms with E-state index in [9.17, 15) is 9.59 Å². The van der Waals surface area contributed by atoms with Gasteiger partial charge in [-0.25, -0.2) is 0 Å². The van der Waals surface area contributed by atoms with Crippen LogP contribution in [0.25, 0.3) is 0 Å². The highest BCUT2D eigenvalue weighted by Crippen LogP contribution is 2.26. The molecule has 2 N–H and O–H groups in total. The number of ether oxygens (including phenoxy) is 1. The van der Waals surface area contributed by atoms with Crippen LogP contribution >= 0.6 is 0 Å². The van der Waals surface area contributed by atoms with E-state index in [1.54, 1.807) is 0 Å². The van der Waals surface area contributed by atoms with E-state index in [1.165, 1.54) is 0 Å². The summed E-state index contributed by atoms with van der Waals surface area (Å²) in [4.78, 5) is 22.2. The van der Waals surface area contributed by atoms with Crippen LogP contribution in [0.1, 0.15) is 46.0 Å². The zero-order chi connectivity index (χ0) is 13.6. The summed E-state index contributed by atoms with van der Waals surface area (Å²) < 4.78 is 5.29. The first-order chi connectivity index (χ1) is 8.41. The zero-order valence-electron chi connectivity index (χ0n) is 11.2. The molecule has 0 bridgehead atoms. The minimum absolute atomic E-state index is 0.0402. The predicted octanol–water partition coefficient (Wildman–Crippen LogP) is 1.56. The van der Waals surface area contributed by atoms with E-state index in [-0.39, 0.29) is 23.8 Å². The van der Waals surface area contributed by atoms with Gasteiger partial charge in [0, 0.05) is 19.6 Å². The molecule has 1 atom stereocenters. The lowest BCUT2D eigenvalue weighted by Gasteiger charge is -2.24. The molecule has 0 radical (unpaired) electrons. The van der Waals surface area contributed by atoms with Crippen LogP contribution in [0.4, 0.5) is 0 Å². The SMILES string of the molecule is CC(C)(CCNC(=O)[C@@H]1CCCO1)CCC(=O)O. The van der Waals surface area contributed by atoms with Gasteiger partial charge >= 0.3 is 5.97 Å². The highest BCUT2D eigenvalue weighted by Gasteiger charge is 2.24. The molecule has 1 aliphatic rings. The average Bonchev–Trinajstić information content (AvgIpc) is 2.79. The fourth-order valence-electron chi connectivity index (χ4n) is 1.99. The monoisotopic (exact) mass is 257 g/mol. The van der Waals surface area contributed by atoms with Gasteiger partial charge in [-0.2, -0.15) is 0 Å². The van der Waals surface area contributed by atoms with Crippen molar-refractivity contribution in [2.24, 2.45) is 5.41 Å². The van der Waals surface area contributed by atoms with Crippen molar-refractivity contribution >= 4 is 11.9 Å². The highest BCUT2D eigenvalue weighted by atomic mass is 16.5. The van der Waals surface area contributed by atoms with E-state index in [0.29, 0.717) is 19.6 Å². The van der Waals surface area contributed by atoms with E-state index < -0.39 is 5.97 Å². The largest absolute Gasteiger partial charge is 0.481 e. The number of nitrogens with one attached hydrogen (secondary N) is 1. The Labute approximate surface area is 108 Å². The maximum atomic E-state index is 11.7. The molecule has 1 aliphatic heterocycles. The van der Waals surface area contributed by atoms with Crippen molar-refractivity contribution in [3.8, 4) is 0 Å². The molecule has 1 amide bonds. The molecular formula is C13H23NO4. The van der Waals surface area contributed by atoms with Crippen LogP contribution in [0.15, 0.2) is 0 Å². The van der Waals surface area contributed by atoms with Gasteiger partial charge < -0.3 is 15.2 Å². The summed E-state index contributed by atoms with van der Waals surface area (Å²) in [5.41, 5.74) is -0.0673. The summed E-state index contributed by atoms with van der Waals surface area (Å²) in [5.74, 6) is -0.812. The number of rotatable bonds is 7. The topological polar surface area (TPSA) is 75.6 Å². The molecule has 0 aromatic carbocycles. The molecule has 0 saturated carbocycles. The minimum Gasteiger partial charge on any atom is -0.481 e. The molecule has 104 valence electrons. The number of carboxylic acid groups (broad SMARTS) is 1. The highest BCUT2D eigenvalue weighted by molar-refractivity contribution is 5.80. The molecule has 0 spiro atoms. The average molecular weight is 257 g/mol. The van der Waals surface area contributed by atoms with Gasteiger partial charge in [0.15, 0.2) is 0 Å². The van der Waals surface area contributed by atoms with Crippen molar-refractivity contribution in [3.63, 3.8) is 0 Å². The molecule has 1 rings (SSSR count). The van der Waals surface area contributed by atoms with Gasteiger partial charge in [0.1, 0.15) is 6.10 Å². The second-order valence-electron chi connectivity index (χ2n) is 5.60. The summed E-state index contributed by atoms with van der Waals surface area (Å²) in [6.45, 7) is 5.29. The smallest absolute Gasteiger partial charge is 0.303 e. The van der Waals surface area contributed by atoms with E-state index >= 15 is 0 Å². The molecule has 0 unspecified atom stereocenters. The predicted molar refractivity (Wildman–Crippen MR) is 67.3 cm³/mol. The molecule has 1 saturated heterocycles. The van der Waals surface area contributed by atoms with Gasteiger partial charge in [0.25, 0.3) is 0 Å². The van der Waals surface area contributed by atoms with Crippen LogP contribution in [-0.2, 0) is 14.3 Å². The van der Waals surface area contributed by atoms with Crippen LogP contribution < -0.4 is 5.32 Å². The van der Waals surface area contributed by atoms with E-state index in [4.69, 9.17) is 9.84 Å². The van der Waals surface area contributed by atoms with Crippen LogP contribution in [-0.4, -0.2) is 36.2 Å². The molecule has 1 fully saturated rings. The van der Waals surface area contributed by atoms with Crippen molar-refractivity contribution in [1.82, 2.24) is 5.32 Å². The molecule has 1 heterocycles. The molecule has 0 aliphatic carbocycles. The molecule has 5 nitrogen and oxygen atoms in total. The number of aliphatic carboxylic acids is 1. The van der Waals surface area contributed by atoms with Gasteiger partial charge in [0.05, 0.1) is 0 Å². The zero-order valence-corrected chi connectivity index (χ0v) is 11.2. The number of hydrogen-bond acceptors (Lipinski definition) is 3. The fraction of sp³-hybridized carbons (Fsp3) is 0.846. The lowest BCUT2D eigenvalue weighted by atomic mass is 9.84. The van der Waals surface area contributed by atoms with Crippen molar-refractivity contribution in [2.75, 3.05) is 13.2 Å². The number of amides is 1. The van der Waals surface area contributed by atoms with E-state index in [2.05, 4.69) is 5.32 Å². The Morgan fingerprint density at radius 1 is 1.39 bits per heavy atom. The Balaban J connectivity index is 2.19. The number of carbonyl (C=O) groups excluding carboxylic acids is 1. The molecular weight excluding hydrogens is 234 g/mol. The van der Waals surface area contributed by atoms with Crippen LogP contribution in [0, 0.1) is 5.41 Å². The first kappa shape index (κ1) is 15.0. The standard InChI is InChI=1S/C13H23NO4/c1-13(2,6-5-11(15)16)7-8-14-12(17)10-4-3-9-18-10/h10H,3-9H2,1-2H3,(H,14,17)(H,15,16)/t10-/m0/s1. The Morgan fingerprint density at radius 3 is 2.67 bits per heavy atom. The normalized spacial score (nSPS) is 19.8. The number of hydrogen-bond donors (Lipinski definition) is 2. The minimum atomic E-state index is -0.772. The van der Waals surface area contributed by atoms with E-state index in [0.717, 1.165) is 19.3 Å². The van der Waals surface area contributed by atoms with Gasteiger partial charge in [-0.05, 0) is 31.1 Å². The van der Waals surface area contributed by atoms with Gasteiger partial charge in [-0.15, -0.1) is 0 Å². The maximum Gasteiger partial charge on any atom is 0.303 e. The molecule has 0 aromatic heterocycles. The van der Waals surface area contributed by atoms with E-state index in [1.807, 2.05) is 13.8 Å². The summed E-state index contributed by atoms with van der Waals surface area (Å²) >= 11 is 0. The number of carbonyl (C=O) groups is 2. The van der Waals surface area contributed by atoms with Crippen LogP contribution in [0.3, 0.4) is 0 Å². The van der Waals surface area contributed by atoms with Gasteiger partial charge in [-0.3, -0.25) is 9.59 Å². The van der Waals surface area contributed by atoms with Crippen molar-refractivity contribution in [3.05, 3.63) is 0 Å². The van der Waals surface area contributed by atoms with Crippen molar-refractivity contribution in [1.29, 1.82) is 0 Å². The third-order valence-corrected chi connectivity index (χ3v) is 3.34. The first-order valence-corrected chi connectivity index (χ1v) is 6.52. The number of carboxylic acids is 1. The van der Waals surface area contributed by atoms with Crippen molar-refractivity contribution < 1.29 is 19.4 Å². The summed E-state index contributed by atoms with van der Waals surface area (Å²) in [6.07, 6.45) is 3.03. The third-order valence-electron chi connectivity index (χ3n) is 3.34. The Morgan fingerprint density at radius 2 is 2.11 bits per heavy atom. The fourth-order valence-corrected chi connectivity index (χ4v) is 1.99. The molecule has 5 heteroatoms.